The van der Waals surface area contributed by atoms with Crippen LogP contribution in [0.5, 0.6) is 0 Å². The molecule has 108 valence electrons. The molecule has 0 spiro atoms. The van der Waals surface area contributed by atoms with Gasteiger partial charge in [0.05, 0.1) is 0 Å². The molecule has 2 heterocycles. The van der Waals surface area contributed by atoms with Crippen molar-refractivity contribution in [2.45, 2.75) is 51.1 Å². The second-order valence-corrected chi connectivity index (χ2v) is 6.19. The van der Waals surface area contributed by atoms with Gasteiger partial charge in [0, 0.05) is 24.2 Å². The fourth-order valence-corrected chi connectivity index (χ4v) is 3.53. The summed E-state index contributed by atoms with van der Waals surface area (Å²) in [5, 5.41) is 6.43. The lowest BCUT2D eigenvalue weighted by Gasteiger charge is -2.28. The van der Waals surface area contributed by atoms with Crippen molar-refractivity contribution in [1.82, 2.24) is 5.32 Å². The van der Waals surface area contributed by atoms with E-state index in [0.29, 0.717) is 30.1 Å². The van der Waals surface area contributed by atoms with Crippen molar-refractivity contribution >= 4 is 11.6 Å². The molecule has 3 nitrogen and oxygen atoms in total. The van der Waals surface area contributed by atoms with E-state index in [1.807, 2.05) is 6.92 Å². The molecule has 2 fully saturated rings. The van der Waals surface area contributed by atoms with Gasteiger partial charge in [0.25, 0.3) is 0 Å². The Kier molecular flexibility index (Phi) is 3.74. The number of fused-ring (bicyclic) bond motifs is 2. The third kappa shape index (κ3) is 3.01. The molecule has 1 aromatic carbocycles. The Morgan fingerprint density at radius 3 is 2.75 bits per heavy atom. The van der Waals surface area contributed by atoms with Crippen molar-refractivity contribution in [1.29, 1.82) is 0 Å². The van der Waals surface area contributed by atoms with E-state index in [2.05, 4.69) is 10.6 Å². The van der Waals surface area contributed by atoms with Gasteiger partial charge in [0.2, 0.25) is 5.91 Å². The molecule has 2 aliphatic heterocycles. The van der Waals surface area contributed by atoms with Gasteiger partial charge in [-0.15, -0.1) is 0 Å². The molecule has 1 aromatic rings. The van der Waals surface area contributed by atoms with Gasteiger partial charge in [0.1, 0.15) is 5.82 Å². The Morgan fingerprint density at radius 1 is 1.35 bits per heavy atom. The Hall–Kier alpha value is -1.42. The molecular formula is C16H21FN2O. The predicted octanol–water partition coefficient (Wildman–Crippen LogP) is 2.99. The van der Waals surface area contributed by atoms with Crippen LogP contribution >= 0.6 is 0 Å². The summed E-state index contributed by atoms with van der Waals surface area (Å²) in [6.45, 7) is 1.87. The highest BCUT2D eigenvalue weighted by molar-refractivity contribution is 5.91. The molecule has 20 heavy (non-hydrogen) atoms. The lowest BCUT2D eigenvalue weighted by atomic mass is 9.89. The van der Waals surface area contributed by atoms with Crippen molar-refractivity contribution in [3.8, 4) is 0 Å². The fourth-order valence-electron chi connectivity index (χ4n) is 3.53. The molecule has 3 rings (SSSR count). The normalized spacial score (nSPS) is 28.4. The van der Waals surface area contributed by atoms with Crippen LogP contribution in [0.2, 0.25) is 0 Å². The van der Waals surface area contributed by atoms with Gasteiger partial charge < -0.3 is 10.6 Å². The summed E-state index contributed by atoms with van der Waals surface area (Å²) >= 11 is 0. The average Bonchev–Trinajstić information content (AvgIpc) is 2.73. The maximum Gasteiger partial charge on any atom is 0.224 e. The predicted molar refractivity (Wildman–Crippen MR) is 77.1 cm³/mol. The summed E-state index contributed by atoms with van der Waals surface area (Å²) in [6.07, 6.45) is 5.21. The molecular weight excluding hydrogens is 255 g/mol. The van der Waals surface area contributed by atoms with Gasteiger partial charge in [0.15, 0.2) is 0 Å². The maximum atomic E-state index is 13.2. The molecule has 0 radical (unpaired) electrons. The quantitative estimate of drug-likeness (QED) is 0.891. The van der Waals surface area contributed by atoms with E-state index in [-0.39, 0.29) is 11.7 Å². The lowest BCUT2D eigenvalue weighted by molar-refractivity contribution is -0.117. The number of carbonyl (C=O) groups excluding carboxylic acids is 1. The van der Waals surface area contributed by atoms with Crippen LogP contribution in [0.15, 0.2) is 18.2 Å². The van der Waals surface area contributed by atoms with Crippen LogP contribution in [0.25, 0.3) is 0 Å². The molecule has 2 atom stereocenters. The average molecular weight is 276 g/mol. The number of carbonyl (C=O) groups is 1. The van der Waals surface area contributed by atoms with Gasteiger partial charge in [-0.1, -0.05) is 6.07 Å². The highest BCUT2D eigenvalue weighted by Gasteiger charge is 2.34. The van der Waals surface area contributed by atoms with Crippen LogP contribution < -0.4 is 10.6 Å². The number of piperidine rings is 1. The van der Waals surface area contributed by atoms with E-state index in [1.165, 1.54) is 25.0 Å². The molecule has 2 bridgehead atoms. The van der Waals surface area contributed by atoms with E-state index < -0.39 is 0 Å². The SMILES string of the molecule is Cc1ccc(F)cc1NC(=O)CC1CC2CCC(C1)N2. The molecule has 0 aromatic heterocycles. The van der Waals surface area contributed by atoms with Gasteiger partial charge >= 0.3 is 0 Å². The zero-order chi connectivity index (χ0) is 14.1. The minimum atomic E-state index is -0.314. The smallest absolute Gasteiger partial charge is 0.224 e. The number of benzene rings is 1. The van der Waals surface area contributed by atoms with Crippen LogP contribution in [0.1, 0.15) is 37.7 Å². The van der Waals surface area contributed by atoms with Gasteiger partial charge in [-0.05, 0) is 56.2 Å². The van der Waals surface area contributed by atoms with Crippen molar-refractivity contribution in [3.63, 3.8) is 0 Å². The number of halogens is 1. The number of amides is 1. The molecule has 4 heteroatoms. The van der Waals surface area contributed by atoms with E-state index in [4.69, 9.17) is 0 Å². The molecule has 2 aliphatic rings. The maximum absolute atomic E-state index is 13.2. The van der Waals surface area contributed by atoms with Gasteiger partial charge in [-0.25, -0.2) is 4.39 Å². The number of nitrogens with one attached hydrogen (secondary N) is 2. The van der Waals surface area contributed by atoms with E-state index in [9.17, 15) is 9.18 Å². The van der Waals surface area contributed by atoms with Crippen LogP contribution in [-0.2, 0) is 4.79 Å². The monoisotopic (exact) mass is 276 g/mol. The minimum Gasteiger partial charge on any atom is -0.326 e. The number of hydrogen-bond donors (Lipinski definition) is 2. The second kappa shape index (κ2) is 5.52. The number of anilines is 1. The number of aryl methyl sites for hydroxylation is 1. The first-order chi connectivity index (χ1) is 9.60. The van der Waals surface area contributed by atoms with Gasteiger partial charge in [-0.2, -0.15) is 0 Å². The van der Waals surface area contributed by atoms with Crippen molar-refractivity contribution in [2.75, 3.05) is 5.32 Å². The highest BCUT2D eigenvalue weighted by Crippen LogP contribution is 2.32. The topological polar surface area (TPSA) is 41.1 Å². The minimum absolute atomic E-state index is 0.00463. The van der Waals surface area contributed by atoms with Crippen molar-refractivity contribution in [2.24, 2.45) is 5.92 Å². The summed E-state index contributed by atoms with van der Waals surface area (Å²) in [5.74, 6) is 0.151. The first-order valence-electron chi connectivity index (χ1n) is 7.42. The molecule has 0 aliphatic carbocycles. The van der Waals surface area contributed by atoms with Crippen LogP contribution in [0, 0.1) is 18.7 Å². The first kappa shape index (κ1) is 13.6. The molecule has 2 N–H and O–H groups in total. The summed E-state index contributed by atoms with van der Waals surface area (Å²) in [5.41, 5.74) is 1.48. The van der Waals surface area contributed by atoms with Crippen molar-refractivity contribution in [3.05, 3.63) is 29.6 Å². The van der Waals surface area contributed by atoms with Crippen molar-refractivity contribution < 1.29 is 9.18 Å². The van der Waals surface area contributed by atoms with Gasteiger partial charge in [-0.3, -0.25) is 4.79 Å². The summed E-state index contributed by atoms with van der Waals surface area (Å²) in [7, 11) is 0. The Morgan fingerprint density at radius 2 is 2.05 bits per heavy atom. The standard InChI is InChI=1S/C16H21FN2O/c1-10-2-3-12(17)9-15(10)19-16(20)8-11-6-13-4-5-14(7-11)18-13/h2-3,9,11,13-14,18H,4-8H2,1H3,(H,19,20). The third-order valence-corrected chi connectivity index (χ3v) is 4.52. The Balaban J connectivity index is 1.58. The first-order valence-corrected chi connectivity index (χ1v) is 7.42. The highest BCUT2D eigenvalue weighted by atomic mass is 19.1. The Labute approximate surface area is 118 Å². The zero-order valence-electron chi connectivity index (χ0n) is 11.8. The zero-order valence-corrected chi connectivity index (χ0v) is 11.8. The van der Waals surface area contributed by atoms with Crippen LogP contribution in [0.4, 0.5) is 10.1 Å². The van der Waals surface area contributed by atoms with E-state index >= 15 is 0 Å². The largest absolute Gasteiger partial charge is 0.326 e. The molecule has 1 amide bonds. The number of rotatable bonds is 3. The van der Waals surface area contributed by atoms with Crippen LogP contribution in [-0.4, -0.2) is 18.0 Å². The molecule has 0 saturated carbocycles. The van der Waals surface area contributed by atoms with E-state index in [1.54, 1.807) is 6.07 Å². The Bertz CT molecular complexity index is 505. The summed E-state index contributed by atoms with van der Waals surface area (Å²) in [6, 6.07) is 5.69. The summed E-state index contributed by atoms with van der Waals surface area (Å²) < 4.78 is 13.2. The number of hydrogen-bond acceptors (Lipinski definition) is 2. The van der Waals surface area contributed by atoms with Crippen LogP contribution in [0.3, 0.4) is 0 Å². The van der Waals surface area contributed by atoms with E-state index in [0.717, 1.165) is 18.4 Å². The lowest BCUT2D eigenvalue weighted by Crippen LogP contribution is -2.39. The fraction of sp³-hybridized carbons (Fsp3) is 0.562. The summed E-state index contributed by atoms with van der Waals surface area (Å²) in [4.78, 5) is 12.1. The third-order valence-electron chi connectivity index (χ3n) is 4.52. The second-order valence-electron chi connectivity index (χ2n) is 6.19. The molecule has 2 saturated heterocycles. The molecule has 2 unspecified atom stereocenters.